The maximum Gasteiger partial charge on any atom is 0.355 e. The third-order valence-electron chi connectivity index (χ3n) is 8.00. The molecule has 1 aliphatic heterocycles. The number of rotatable bonds is 7. The number of anilines is 1. The van der Waals surface area contributed by atoms with E-state index in [1.165, 1.54) is 0 Å². The molecule has 1 fully saturated rings. The number of carbonyl (C=O) groups excluding carboxylic acids is 1. The summed E-state index contributed by atoms with van der Waals surface area (Å²) in [6, 6.07) is 10.5. The molecule has 222 valence electrons. The molecule has 0 N–H and O–H groups in total. The number of aryl methyl sites for hydroxylation is 1. The number of piperazine rings is 1. The van der Waals surface area contributed by atoms with Crippen LogP contribution in [0, 0.1) is 0 Å². The Hall–Kier alpha value is -4.30. The van der Waals surface area contributed by atoms with E-state index in [0.717, 1.165) is 28.9 Å². The van der Waals surface area contributed by atoms with Gasteiger partial charge in [-0.3, -0.25) is 9.78 Å². The summed E-state index contributed by atoms with van der Waals surface area (Å²) in [5.74, 6) is -0.0603. The van der Waals surface area contributed by atoms with Gasteiger partial charge in [-0.2, -0.15) is 4.98 Å². The lowest BCUT2D eigenvalue weighted by molar-refractivity contribution is -0.127. The zero-order valence-electron chi connectivity index (χ0n) is 27.1. The van der Waals surface area contributed by atoms with Gasteiger partial charge in [-0.25, -0.2) is 14.3 Å². The number of pyridine rings is 2. The second-order valence-electron chi connectivity index (χ2n) is 11.2. The summed E-state index contributed by atoms with van der Waals surface area (Å²) in [7, 11) is 0. The second kappa shape index (κ2) is 12.1. The predicted molar refractivity (Wildman–Crippen MR) is 175 cm³/mol. The Labute approximate surface area is 260 Å². The molecule has 0 unspecified atom stereocenters. The molecule has 4 heterocycles. The molecule has 0 saturated carbocycles. The maximum absolute atomic E-state index is 14.3. The summed E-state index contributed by atoms with van der Waals surface area (Å²) in [6.07, 6.45) is 4.19. The number of halogens is 1. The molecule has 1 aromatic carbocycles. The number of fused-ring (bicyclic) bond motifs is 1. The van der Waals surface area contributed by atoms with Crippen LogP contribution in [0.1, 0.15) is 60.1 Å². The van der Waals surface area contributed by atoms with Crippen molar-refractivity contribution < 1.29 is 7.54 Å². The molecule has 0 spiro atoms. The first-order chi connectivity index (χ1) is 21.5. The van der Waals surface area contributed by atoms with Crippen molar-refractivity contribution >= 4 is 40.4 Å². The minimum absolute atomic E-state index is 0.0201. The number of hydrogen-bond acceptors (Lipinski definition) is 6. The van der Waals surface area contributed by atoms with Crippen LogP contribution in [0.4, 0.5) is 5.82 Å². The molecule has 2 atom stereocenters. The molecule has 43 heavy (non-hydrogen) atoms. The Kier molecular flexibility index (Phi) is 7.77. The third kappa shape index (κ3) is 5.36. The summed E-state index contributed by atoms with van der Waals surface area (Å²) in [4.78, 5) is 45.1. The van der Waals surface area contributed by atoms with E-state index >= 15 is 0 Å². The Morgan fingerprint density at radius 2 is 1.93 bits per heavy atom. The molecular weight excluding hydrogens is 560 g/mol. The van der Waals surface area contributed by atoms with Crippen molar-refractivity contribution in [1.29, 1.82) is 0 Å². The van der Waals surface area contributed by atoms with Gasteiger partial charge in [-0.15, -0.1) is 0 Å². The molecule has 1 aliphatic rings. The number of benzene rings is 1. The van der Waals surface area contributed by atoms with Crippen LogP contribution < -0.4 is 10.6 Å². The molecule has 5 rings (SSSR count). The van der Waals surface area contributed by atoms with Crippen LogP contribution in [0.2, 0.25) is 5.02 Å². The van der Waals surface area contributed by atoms with Gasteiger partial charge >= 0.3 is 5.69 Å². The standard InChI is InChI=1S/C34H37ClN6O2/c1-8-23-13-11-12-14-25(23)30-27(35)17-26-32(37-30)41(31-24(9-2)15-16-36-29(31)20(4)5)34(43)38-33(26)40-21(6)18-39(19-22(40)7)28(42)10-3/h8,10-17,20-22H,1,3,9,18-19H2,2,4-7H3/t21-,22-/m0/s1/i3D,10D. The van der Waals surface area contributed by atoms with Crippen molar-refractivity contribution in [3.63, 3.8) is 0 Å². The van der Waals surface area contributed by atoms with Crippen molar-refractivity contribution in [1.82, 2.24) is 24.4 Å². The molecule has 9 heteroatoms. The van der Waals surface area contributed by atoms with E-state index in [1.807, 2.05) is 75.9 Å². The van der Waals surface area contributed by atoms with Crippen LogP contribution in [0.25, 0.3) is 34.1 Å². The van der Waals surface area contributed by atoms with Gasteiger partial charge in [-0.1, -0.05) is 75.8 Å². The maximum atomic E-state index is 14.3. The molecular formula is C34H37ClN6O2. The van der Waals surface area contributed by atoms with Gasteiger partial charge in [0.15, 0.2) is 5.65 Å². The molecule has 0 radical (unpaired) electrons. The molecule has 8 nitrogen and oxygen atoms in total. The fourth-order valence-electron chi connectivity index (χ4n) is 6.06. The van der Waals surface area contributed by atoms with E-state index in [2.05, 4.69) is 16.5 Å². The van der Waals surface area contributed by atoms with Crippen LogP contribution in [0.5, 0.6) is 0 Å². The molecule has 0 aliphatic carbocycles. The zero-order chi connectivity index (χ0) is 32.6. The Balaban J connectivity index is 1.82. The monoisotopic (exact) mass is 598 g/mol. The van der Waals surface area contributed by atoms with Gasteiger partial charge < -0.3 is 9.80 Å². The fourth-order valence-corrected chi connectivity index (χ4v) is 6.31. The first-order valence-electron chi connectivity index (χ1n) is 15.6. The summed E-state index contributed by atoms with van der Waals surface area (Å²) < 4.78 is 16.8. The summed E-state index contributed by atoms with van der Waals surface area (Å²) in [5, 5.41) is 0.982. The summed E-state index contributed by atoms with van der Waals surface area (Å²) >= 11 is 7.00. The average Bonchev–Trinajstić information content (AvgIpc) is 3.03. The summed E-state index contributed by atoms with van der Waals surface area (Å²) in [6.45, 7) is 15.3. The molecule has 3 aromatic heterocycles. The van der Waals surface area contributed by atoms with E-state index in [9.17, 15) is 9.59 Å². The first-order valence-corrected chi connectivity index (χ1v) is 14.9. The van der Waals surface area contributed by atoms with E-state index in [0.29, 0.717) is 39.7 Å². The molecule has 0 bridgehead atoms. The van der Waals surface area contributed by atoms with Gasteiger partial charge in [0, 0.05) is 36.9 Å². The predicted octanol–water partition coefficient (Wildman–Crippen LogP) is 6.44. The average molecular weight is 599 g/mol. The Morgan fingerprint density at radius 1 is 1.21 bits per heavy atom. The minimum Gasteiger partial charge on any atom is -0.347 e. The smallest absolute Gasteiger partial charge is 0.347 e. The SMILES string of the molecule is [2H]C=C([2H])C(=O)N1C[C@H](C)N(c2nc(=O)n(-c3c(CC)ccnc3C(C)C)c3nc(-c4ccccc4C=C)c(Cl)cc23)[C@@H](C)C1. The highest BCUT2D eigenvalue weighted by Gasteiger charge is 2.34. The lowest BCUT2D eigenvalue weighted by Gasteiger charge is -2.45. The third-order valence-corrected chi connectivity index (χ3v) is 8.29. The summed E-state index contributed by atoms with van der Waals surface area (Å²) in [5.41, 5.74) is 4.43. The van der Waals surface area contributed by atoms with Crippen molar-refractivity contribution in [2.45, 2.75) is 59.0 Å². The largest absolute Gasteiger partial charge is 0.355 e. The normalized spacial score (nSPS) is 18.2. The fraction of sp³-hybridized carbons (Fsp3) is 0.324. The van der Waals surface area contributed by atoms with Crippen molar-refractivity contribution in [2.75, 3.05) is 18.0 Å². The second-order valence-corrected chi connectivity index (χ2v) is 11.6. The van der Waals surface area contributed by atoms with Crippen molar-refractivity contribution in [3.8, 4) is 16.9 Å². The Morgan fingerprint density at radius 3 is 2.58 bits per heavy atom. The van der Waals surface area contributed by atoms with Crippen LogP contribution in [-0.2, 0) is 11.2 Å². The highest BCUT2D eigenvalue weighted by atomic mass is 35.5. The quantitative estimate of drug-likeness (QED) is 0.228. The highest BCUT2D eigenvalue weighted by Crippen LogP contribution is 2.37. The Bertz CT molecular complexity index is 1880. The van der Waals surface area contributed by atoms with Gasteiger partial charge in [0.2, 0.25) is 5.91 Å². The molecule has 1 saturated heterocycles. The van der Waals surface area contributed by atoms with Crippen molar-refractivity contribution in [3.05, 3.63) is 94.1 Å². The van der Waals surface area contributed by atoms with E-state index < -0.39 is 11.6 Å². The van der Waals surface area contributed by atoms with Gasteiger partial charge in [0.05, 0.1) is 30.2 Å². The number of amides is 1. The number of aromatic nitrogens is 4. The van der Waals surface area contributed by atoms with Gasteiger partial charge in [0.1, 0.15) is 5.82 Å². The van der Waals surface area contributed by atoms with Crippen LogP contribution >= 0.6 is 11.6 Å². The lowest BCUT2D eigenvalue weighted by Crippen LogP contribution is -2.58. The number of hydrogen-bond donors (Lipinski definition) is 0. The minimum atomic E-state index is -0.503. The van der Waals surface area contributed by atoms with Gasteiger partial charge in [-0.05, 0) is 55.5 Å². The van der Waals surface area contributed by atoms with Gasteiger partial charge in [0.25, 0.3) is 0 Å². The van der Waals surface area contributed by atoms with E-state index in [1.54, 1.807) is 21.7 Å². The van der Waals surface area contributed by atoms with Crippen LogP contribution in [-0.4, -0.2) is 55.5 Å². The van der Waals surface area contributed by atoms with E-state index in [-0.39, 0.29) is 37.1 Å². The van der Waals surface area contributed by atoms with Crippen LogP contribution in [0.3, 0.4) is 0 Å². The van der Waals surface area contributed by atoms with Crippen LogP contribution in [0.15, 0.2) is 66.6 Å². The molecule has 4 aromatic rings. The molecule has 1 amide bonds. The number of carbonyl (C=O) groups is 1. The van der Waals surface area contributed by atoms with E-state index in [4.69, 9.17) is 19.3 Å². The lowest BCUT2D eigenvalue weighted by atomic mass is 10.0. The van der Waals surface area contributed by atoms with Crippen molar-refractivity contribution in [2.24, 2.45) is 0 Å². The highest BCUT2D eigenvalue weighted by molar-refractivity contribution is 6.34. The zero-order valence-corrected chi connectivity index (χ0v) is 25.9. The number of nitrogens with zero attached hydrogens (tertiary/aromatic N) is 6. The topological polar surface area (TPSA) is 84.2 Å². The first kappa shape index (κ1) is 27.5.